The molecule has 0 N–H and O–H groups in total. The van der Waals surface area contributed by atoms with E-state index in [4.69, 9.17) is 4.52 Å². The summed E-state index contributed by atoms with van der Waals surface area (Å²) in [6.07, 6.45) is 4.29. The standard InChI is InChI=1S/C28H35N5O2/c1-22-9-11-24(12-10-22)27-29-26(35-30-27)8-5-15-31-16-18-33(19-17-31)28(34)25-7-4-6-23(20-25)21-32-13-2-3-14-32/h4,6-7,9-12,20H,2-3,5,8,13-19,21H2,1H3. The van der Waals surface area contributed by atoms with Gasteiger partial charge < -0.3 is 9.42 Å². The number of likely N-dealkylation sites (tertiary alicyclic amines) is 1. The van der Waals surface area contributed by atoms with Gasteiger partial charge in [-0.1, -0.05) is 47.1 Å². The molecule has 2 fully saturated rings. The van der Waals surface area contributed by atoms with E-state index in [1.165, 1.54) is 37.1 Å². The normalized spacial score (nSPS) is 17.2. The number of aryl methyl sites for hydroxylation is 2. The molecule has 2 saturated heterocycles. The van der Waals surface area contributed by atoms with Crippen molar-refractivity contribution in [2.24, 2.45) is 0 Å². The van der Waals surface area contributed by atoms with Crippen molar-refractivity contribution in [1.29, 1.82) is 0 Å². The molecule has 1 amide bonds. The highest BCUT2D eigenvalue weighted by Crippen LogP contribution is 2.18. The molecule has 5 rings (SSSR count). The molecule has 2 aromatic carbocycles. The number of rotatable bonds is 8. The Morgan fingerprint density at radius 2 is 1.71 bits per heavy atom. The maximum atomic E-state index is 13.1. The molecule has 1 aromatic heterocycles. The first-order chi connectivity index (χ1) is 17.1. The smallest absolute Gasteiger partial charge is 0.253 e. The number of hydrogen-bond donors (Lipinski definition) is 0. The van der Waals surface area contributed by atoms with Gasteiger partial charge in [0.25, 0.3) is 5.91 Å². The first kappa shape index (κ1) is 23.7. The number of piperazine rings is 1. The summed E-state index contributed by atoms with van der Waals surface area (Å²) in [5.74, 6) is 1.49. The van der Waals surface area contributed by atoms with Crippen molar-refractivity contribution in [3.05, 3.63) is 71.1 Å². The molecule has 0 saturated carbocycles. The zero-order valence-electron chi connectivity index (χ0n) is 20.7. The van der Waals surface area contributed by atoms with Crippen LogP contribution in [0.3, 0.4) is 0 Å². The lowest BCUT2D eigenvalue weighted by Crippen LogP contribution is -2.48. The summed E-state index contributed by atoms with van der Waals surface area (Å²) in [5, 5.41) is 4.13. The van der Waals surface area contributed by atoms with Crippen LogP contribution in [0, 0.1) is 6.92 Å². The van der Waals surface area contributed by atoms with Crippen LogP contribution in [0.25, 0.3) is 11.4 Å². The van der Waals surface area contributed by atoms with Crippen LogP contribution in [0.5, 0.6) is 0 Å². The molecule has 0 aliphatic carbocycles. The Balaban J connectivity index is 1.06. The zero-order valence-corrected chi connectivity index (χ0v) is 20.7. The molecule has 2 aliphatic rings. The van der Waals surface area contributed by atoms with Crippen LogP contribution >= 0.6 is 0 Å². The molecule has 0 spiro atoms. The maximum Gasteiger partial charge on any atom is 0.253 e. The van der Waals surface area contributed by atoms with Crippen molar-refractivity contribution >= 4 is 5.91 Å². The molecule has 0 unspecified atom stereocenters. The largest absolute Gasteiger partial charge is 0.339 e. The fourth-order valence-corrected chi connectivity index (χ4v) is 4.99. The van der Waals surface area contributed by atoms with Crippen molar-refractivity contribution < 1.29 is 9.32 Å². The highest BCUT2D eigenvalue weighted by atomic mass is 16.5. The summed E-state index contributed by atoms with van der Waals surface area (Å²) >= 11 is 0. The van der Waals surface area contributed by atoms with Crippen LogP contribution in [0.2, 0.25) is 0 Å². The Kier molecular flexibility index (Phi) is 7.54. The van der Waals surface area contributed by atoms with E-state index in [-0.39, 0.29) is 5.91 Å². The molecule has 35 heavy (non-hydrogen) atoms. The van der Waals surface area contributed by atoms with Crippen molar-refractivity contribution in [2.45, 2.75) is 39.2 Å². The summed E-state index contributed by atoms with van der Waals surface area (Å²) in [6.45, 7) is 9.66. The first-order valence-electron chi connectivity index (χ1n) is 12.9. The maximum absolute atomic E-state index is 13.1. The Labute approximate surface area is 207 Å². The number of aromatic nitrogens is 2. The molecule has 0 atom stereocenters. The molecule has 7 heteroatoms. The minimum atomic E-state index is 0.155. The summed E-state index contributed by atoms with van der Waals surface area (Å²) in [7, 11) is 0. The lowest BCUT2D eigenvalue weighted by molar-refractivity contribution is 0.0635. The molecule has 184 valence electrons. The average molecular weight is 474 g/mol. The number of hydrogen-bond acceptors (Lipinski definition) is 6. The first-order valence-corrected chi connectivity index (χ1v) is 12.9. The summed E-state index contributed by atoms with van der Waals surface area (Å²) in [5.41, 5.74) is 4.25. The van der Waals surface area contributed by atoms with Crippen molar-refractivity contribution in [3.8, 4) is 11.4 Å². The number of amides is 1. The third-order valence-corrected chi connectivity index (χ3v) is 7.08. The van der Waals surface area contributed by atoms with Crippen molar-refractivity contribution in [1.82, 2.24) is 24.8 Å². The topological polar surface area (TPSA) is 65.7 Å². The third kappa shape index (κ3) is 6.16. The van der Waals surface area contributed by atoms with Gasteiger partial charge in [0.2, 0.25) is 11.7 Å². The monoisotopic (exact) mass is 473 g/mol. The van der Waals surface area contributed by atoms with E-state index in [1.807, 2.05) is 29.2 Å². The second kappa shape index (κ2) is 11.1. The lowest BCUT2D eigenvalue weighted by atomic mass is 10.1. The van der Waals surface area contributed by atoms with Crippen LogP contribution < -0.4 is 0 Å². The molecule has 2 aliphatic heterocycles. The zero-order chi connectivity index (χ0) is 24.0. The van der Waals surface area contributed by atoms with Gasteiger partial charge in [-0.05, 0) is 63.5 Å². The molecule has 0 bridgehead atoms. The lowest BCUT2D eigenvalue weighted by Gasteiger charge is -2.34. The number of benzene rings is 2. The van der Waals surface area contributed by atoms with Crippen LogP contribution in [0.15, 0.2) is 53.1 Å². The second-order valence-corrected chi connectivity index (χ2v) is 9.80. The van der Waals surface area contributed by atoms with Gasteiger partial charge in [-0.3, -0.25) is 14.6 Å². The van der Waals surface area contributed by atoms with Crippen molar-refractivity contribution in [2.75, 3.05) is 45.8 Å². The van der Waals surface area contributed by atoms with Gasteiger partial charge in [-0.2, -0.15) is 4.98 Å². The van der Waals surface area contributed by atoms with Crippen LogP contribution in [0.1, 0.15) is 46.6 Å². The fourth-order valence-electron chi connectivity index (χ4n) is 4.99. The summed E-state index contributed by atoms with van der Waals surface area (Å²) in [6, 6.07) is 16.4. The van der Waals surface area contributed by atoms with Crippen LogP contribution in [-0.2, 0) is 13.0 Å². The minimum Gasteiger partial charge on any atom is -0.339 e. The quantitative estimate of drug-likeness (QED) is 0.492. The fraction of sp³-hybridized carbons (Fsp3) is 0.464. The predicted octanol–water partition coefficient (Wildman–Crippen LogP) is 4.03. The van der Waals surface area contributed by atoms with Gasteiger partial charge in [-0.25, -0.2) is 0 Å². The van der Waals surface area contributed by atoms with Gasteiger partial charge in [0, 0.05) is 50.3 Å². The van der Waals surface area contributed by atoms with Gasteiger partial charge in [0.05, 0.1) is 0 Å². The Hall–Kier alpha value is -3.03. The van der Waals surface area contributed by atoms with Crippen LogP contribution in [-0.4, -0.2) is 76.6 Å². The highest BCUT2D eigenvalue weighted by molar-refractivity contribution is 5.94. The van der Waals surface area contributed by atoms with Gasteiger partial charge in [0.15, 0.2) is 0 Å². The van der Waals surface area contributed by atoms with Crippen LogP contribution in [0.4, 0.5) is 0 Å². The Morgan fingerprint density at radius 1 is 0.943 bits per heavy atom. The second-order valence-electron chi connectivity index (χ2n) is 9.80. The number of nitrogens with zero attached hydrogens (tertiary/aromatic N) is 5. The molecular weight excluding hydrogens is 438 g/mol. The average Bonchev–Trinajstić information content (AvgIpc) is 3.57. The highest BCUT2D eigenvalue weighted by Gasteiger charge is 2.22. The molecule has 3 aromatic rings. The minimum absolute atomic E-state index is 0.155. The van der Waals surface area contributed by atoms with Gasteiger partial charge in [0.1, 0.15) is 0 Å². The van der Waals surface area contributed by atoms with E-state index in [9.17, 15) is 4.79 Å². The number of carbonyl (C=O) groups is 1. The Bertz CT molecular complexity index is 1110. The number of carbonyl (C=O) groups excluding carboxylic acids is 1. The van der Waals surface area contributed by atoms with E-state index in [2.05, 4.69) is 51.1 Å². The SMILES string of the molecule is Cc1ccc(-c2noc(CCCN3CCN(C(=O)c4cccc(CN5CCCC5)c4)CC3)n2)cc1. The van der Waals surface area contributed by atoms with E-state index in [0.717, 1.165) is 63.2 Å². The molecule has 0 radical (unpaired) electrons. The van der Waals surface area contributed by atoms with E-state index < -0.39 is 0 Å². The van der Waals surface area contributed by atoms with E-state index in [0.29, 0.717) is 11.7 Å². The summed E-state index contributed by atoms with van der Waals surface area (Å²) in [4.78, 5) is 24.5. The van der Waals surface area contributed by atoms with Gasteiger partial charge >= 0.3 is 0 Å². The third-order valence-electron chi connectivity index (χ3n) is 7.08. The van der Waals surface area contributed by atoms with E-state index >= 15 is 0 Å². The molecule has 7 nitrogen and oxygen atoms in total. The molecule has 3 heterocycles. The predicted molar refractivity (Wildman–Crippen MR) is 136 cm³/mol. The summed E-state index contributed by atoms with van der Waals surface area (Å²) < 4.78 is 5.45. The van der Waals surface area contributed by atoms with E-state index in [1.54, 1.807) is 0 Å². The molecular formula is C28H35N5O2. The van der Waals surface area contributed by atoms with Crippen molar-refractivity contribution in [3.63, 3.8) is 0 Å². The van der Waals surface area contributed by atoms with Gasteiger partial charge in [-0.15, -0.1) is 0 Å². The Morgan fingerprint density at radius 3 is 2.49 bits per heavy atom.